The zero-order valence-corrected chi connectivity index (χ0v) is 24.0. The number of hydrogen-bond donors (Lipinski definition) is 0. The van der Waals surface area contributed by atoms with Crippen LogP contribution in [0.15, 0.2) is 78.9 Å². The molecule has 5 aliphatic carbocycles. The summed E-state index contributed by atoms with van der Waals surface area (Å²) in [6.07, 6.45) is 7.09. The third-order valence-corrected chi connectivity index (χ3v) is 15.4. The normalized spacial score (nSPS) is 30.3. The average Bonchev–Trinajstić information content (AvgIpc) is 3.34. The molecule has 10 rings (SSSR count). The van der Waals surface area contributed by atoms with Crippen molar-refractivity contribution >= 4 is 30.0 Å². The van der Waals surface area contributed by atoms with E-state index in [1.807, 2.05) is 0 Å². The highest BCUT2D eigenvalue weighted by molar-refractivity contribution is 7.03. The number of rotatable bonds is 1. The highest BCUT2D eigenvalue weighted by Gasteiger charge is 2.61. The second-order valence-electron chi connectivity index (χ2n) is 13.5. The number of benzene rings is 4. The van der Waals surface area contributed by atoms with Gasteiger partial charge in [0.1, 0.15) is 8.07 Å². The molecule has 0 unspecified atom stereocenters. The van der Waals surface area contributed by atoms with Gasteiger partial charge < -0.3 is 0 Å². The molecule has 6 aliphatic rings. The summed E-state index contributed by atoms with van der Waals surface area (Å²) in [7, 11) is -1.70. The van der Waals surface area contributed by atoms with Gasteiger partial charge in [0, 0.05) is 16.0 Å². The molecule has 0 radical (unpaired) electrons. The number of fused-ring (bicyclic) bond motifs is 6. The highest BCUT2D eigenvalue weighted by atomic mass is 35.5. The van der Waals surface area contributed by atoms with E-state index in [0.29, 0.717) is 0 Å². The minimum Gasteiger partial charge on any atom is -0.0837 e. The largest absolute Gasteiger partial charge is 0.113 e. The maximum Gasteiger partial charge on any atom is 0.113 e. The monoisotopic (exact) mass is 528 g/mol. The Kier molecular flexibility index (Phi) is 4.28. The van der Waals surface area contributed by atoms with E-state index in [-0.39, 0.29) is 5.41 Å². The first-order valence-corrected chi connectivity index (χ1v) is 18.0. The zero-order chi connectivity index (χ0) is 25.4. The van der Waals surface area contributed by atoms with Crippen molar-refractivity contribution in [2.75, 3.05) is 0 Å². The molecule has 38 heavy (non-hydrogen) atoms. The lowest BCUT2D eigenvalue weighted by molar-refractivity contribution is -0.0399. The third kappa shape index (κ3) is 2.59. The van der Waals surface area contributed by atoms with Crippen LogP contribution in [-0.4, -0.2) is 8.07 Å². The summed E-state index contributed by atoms with van der Waals surface area (Å²) in [4.78, 5) is 0. The van der Waals surface area contributed by atoms with Crippen LogP contribution < -0.4 is 10.4 Å². The van der Waals surface area contributed by atoms with Crippen LogP contribution in [0, 0.1) is 23.7 Å². The molecule has 0 aromatic heterocycles. The zero-order valence-electron chi connectivity index (χ0n) is 22.2. The molecule has 4 fully saturated rings. The third-order valence-electron chi connectivity index (χ3n) is 11.5. The molecular formula is C36H33ClSi. The smallest absolute Gasteiger partial charge is 0.0837 e. The maximum absolute atomic E-state index is 6.99. The SMILES string of the molecule is C[Si]1(C)c2ccccc2-c2ccc(-c3ccc4c(c3)C3(c5cccc(Cl)c5-4)C4CC5CC(C4)CC3C5)cc21. The van der Waals surface area contributed by atoms with Gasteiger partial charge in [-0.1, -0.05) is 91.4 Å². The summed E-state index contributed by atoms with van der Waals surface area (Å²) in [5.74, 6) is 3.41. The van der Waals surface area contributed by atoms with Gasteiger partial charge in [0.15, 0.2) is 0 Å². The molecule has 4 aromatic rings. The average molecular weight is 529 g/mol. The van der Waals surface area contributed by atoms with Gasteiger partial charge in [-0.25, -0.2) is 0 Å². The molecule has 0 atom stereocenters. The maximum atomic E-state index is 6.99. The van der Waals surface area contributed by atoms with E-state index in [1.165, 1.54) is 65.5 Å². The van der Waals surface area contributed by atoms with E-state index in [1.54, 1.807) is 21.5 Å². The first kappa shape index (κ1) is 22.2. The molecule has 0 N–H and O–H groups in total. The van der Waals surface area contributed by atoms with E-state index in [4.69, 9.17) is 11.6 Å². The molecule has 0 saturated heterocycles. The minimum absolute atomic E-state index is 0.153. The van der Waals surface area contributed by atoms with Crippen molar-refractivity contribution in [3.8, 4) is 33.4 Å². The van der Waals surface area contributed by atoms with Crippen LogP contribution in [0.2, 0.25) is 18.1 Å². The van der Waals surface area contributed by atoms with E-state index in [2.05, 4.69) is 92.0 Å². The summed E-state index contributed by atoms with van der Waals surface area (Å²) < 4.78 is 0. The van der Waals surface area contributed by atoms with Gasteiger partial charge in [0.05, 0.1) is 0 Å². The first-order chi connectivity index (χ1) is 18.5. The van der Waals surface area contributed by atoms with Crippen LogP contribution in [0.25, 0.3) is 33.4 Å². The van der Waals surface area contributed by atoms with Crippen LogP contribution in [0.3, 0.4) is 0 Å². The van der Waals surface area contributed by atoms with Crippen molar-refractivity contribution in [3.63, 3.8) is 0 Å². The highest BCUT2D eigenvalue weighted by Crippen LogP contribution is 2.70. The van der Waals surface area contributed by atoms with Crippen molar-refractivity contribution in [1.82, 2.24) is 0 Å². The molecule has 1 heterocycles. The quantitative estimate of drug-likeness (QED) is 0.217. The molecule has 1 spiro atoms. The van der Waals surface area contributed by atoms with Gasteiger partial charge in [-0.3, -0.25) is 0 Å². The Bertz CT molecular complexity index is 1650. The molecule has 4 aromatic carbocycles. The van der Waals surface area contributed by atoms with Crippen molar-refractivity contribution in [2.24, 2.45) is 23.7 Å². The fourth-order valence-corrected chi connectivity index (χ4v) is 13.6. The Morgan fingerprint density at radius 1 is 0.632 bits per heavy atom. The molecule has 2 heteroatoms. The Balaban J connectivity index is 1.25. The number of hydrogen-bond acceptors (Lipinski definition) is 0. The molecular weight excluding hydrogens is 496 g/mol. The van der Waals surface area contributed by atoms with E-state index >= 15 is 0 Å². The molecule has 0 amide bonds. The summed E-state index contributed by atoms with van der Waals surface area (Å²) in [5.41, 5.74) is 11.7. The Hall–Kier alpha value is -2.61. The van der Waals surface area contributed by atoms with Gasteiger partial charge in [-0.2, -0.15) is 0 Å². The van der Waals surface area contributed by atoms with Crippen molar-refractivity contribution < 1.29 is 0 Å². The molecule has 4 bridgehead atoms. The van der Waals surface area contributed by atoms with Crippen molar-refractivity contribution in [2.45, 2.75) is 50.6 Å². The number of halogens is 1. The summed E-state index contributed by atoms with van der Waals surface area (Å²) >= 11 is 6.99. The van der Waals surface area contributed by atoms with Crippen molar-refractivity contribution in [3.05, 3.63) is 95.0 Å². The summed E-state index contributed by atoms with van der Waals surface area (Å²) in [6, 6.07) is 30.6. The van der Waals surface area contributed by atoms with Gasteiger partial charge in [0.2, 0.25) is 0 Å². The van der Waals surface area contributed by atoms with Crippen LogP contribution in [0.1, 0.15) is 43.2 Å². The van der Waals surface area contributed by atoms with Gasteiger partial charge in [-0.05, 0) is 117 Å². The van der Waals surface area contributed by atoms with Crippen LogP contribution >= 0.6 is 11.6 Å². The van der Waals surface area contributed by atoms with Crippen LogP contribution in [0.4, 0.5) is 0 Å². The molecule has 4 saturated carbocycles. The van der Waals surface area contributed by atoms with Gasteiger partial charge >= 0.3 is 0 Å². The molecule has 0 nitrogen and oxygen atoms in total. The van der Waals surface area contributed by atoms with Crippen LogP contribution in [-0.2, 0) is 5.41 Å². The van der Waals surface area contributed by atoms with Gasteiger partial charge in [-0.15, -0.1) is 0 Å². The lowest BCUT2D eigenvalue weighted by atomic mass is 9.43. The van der Waals surface area contributed by atoms with E-state index in [0.717, 1.165) is 28.7 Å². The van der Waals surface area contributed by atoms with Crippen molar-refractivity contribution in [1.29, 1.82) is 0 Å². The Labute approximate surface area is 232 Å². The second-order valence-corrected chi connectivity index (χ2v) is 18.3. The minimum atomic E-state index is -1.70. The molecule has 188 valence electrons. The van der Waals surface area contributed by atoms with Crippen LogP contribution in [0.5, 0.6) is 0 Å². The van der Waals surface area contributed by atoms with Gasteiger partial charge in [0.25, 0.3) is 0 Å². The second kappa shape index (κ2) is 7.32. The topological polar surface area (TPSA) is 0 Å². The molecule has 1 aliphatic heterocycles. The standard InChI is InChI=1S/C36H33ClSi/c1-38(2)33-9-4-3-6-27(33)28-12-10-24(20-34(28)38)23-11-13-29-31(19-23)36(30-7-5-8-32(37)35(29)30)25-15-21-14-22(17-25)18-26(36)16-21/h3-13,19-22,25-26H,14-18H2,1-2H3. The summed E-state index contributed by atoms with van der Waals surface area (Å²) in [6.45, 7) is 5.04. The Morgan fingerprint density at radius 3 is 2.05 bits per heavy atom. The predicted octanol–water partition coefficient (Wildman–Crippen LogP) is 8.53. The fourth-order valence-electron chi connectivity index (χ4n) is 10.3. The van der Waals surface area contributed by atoms with E-state index in [9.17, 15) is 0 Å². The summed E-state index contributed by atoms with van der Waals surface area (Å²) in [5, 5.41) is 4.11. The lowest BCUT2D eigenvalue weighted by Gasteiger charge is -2.61. The van der Waals surface area contributed by atoms with E-state index < -0.39 is 8.07 Å². The predicted molar refractivity (Wildman–Crippen MR) is 162 cm³/mol. The fraction of sp³-hybridized carbons (Fsp3) is 0.333. The lowest BCUT2D eigenvalue weighted by Crippen LogP contribution is -2.55. The Morgan fingerprint density at radius 2 is 1.29 bits per heavy atom. The first-order valence-electron chi connectivity index (χ1n) is 14.6.